The van der Waals surface area contributed by atoms with E-state index in [-0.39, 0.29) is 62.5 Å². The number of allylic oxidation sites excluding steroid dienone is 2. The standard InChI is InChI=1S/C43H60N4O11S/c1-28(2)38(47-24-32-9-7-8-10-34(32)41(47)51)42(52)46-25-33(48)22-35(46)40(50)44-23-31-12-11-30(39-29(3)45-27-59-39)21-36(31)57-20-19-55-16-15-53-13-14-54-17-18-56-26-37(49)58-43(4,5)6/h7-12,27-28,33,35-36,38,48H,13-26H2,1-6H3,(H,44,50)/t33-,35+,36?,38+/m1/s1. The van der Waals surface area contributed by atoms with Crippen LogP contribution >= 0.6 is 11.3 Å². The number of hydrogen-bond acceptors (Lipinski definition) is 13. The van der Waals surface area contributed by atoms with Crippen molar-refractivity contribution in [2.24, 2.45) is 5.92 Å². The molecule has 1 aliphatic carbocycles. The molecule has 2 aromatic rings. The molecule has 1 aromatic heterocycles. The Morgan fingerprint density at radius 2 is 1.63 bits per heavy atom. The Hall–Kier alpha value is -4.03. The number of aromatic nitrogens is 1. The normalized spacial score (nSPS) is 19.8. The average Bonchev–Trinajstić information content (AvgIpc) is 3.89. The third kappa shape index (κ3) is 13.2. The van der Waals surface area contributed by atoms with Crippen molar-refractivity contribution in [2.75, 3.05) is 72.6 Å². The number of carbonyl (C=O) groups is 4. The molecule has 16 heteroatoms. The van der Waals surface area contributed by atoms with Gasteiger partial charge in [-0.05, 0) is 56.4 Å². The summed E-state index contributed by atoms with van der Waals surface area (Å²) >= 11 is 1.57. The van der Waals surface area contributed by atoms with E-state index < -0.39 is 29.8 Å². The molecule has 1 fully saturated rings. The number of nitrogens with one attached hydrogen (secondary N) is 1. The number of aliphatic hydroxyl groups excluding tert-OH is 1. The summed E-state index contributed by atoms with van der Waals surface area (Å²) in [5, 5.41) is 13.7. The van der Waals surface area contributed by atoms with Crippen molar-refractivity contribution in [2.45, 2.75) is 90.8 Å². The van der Waals surface area contributed by atoms with Gasteiger partial charge in [0.1, 0.15) is 24.3 Å². The Balaban J connectivity index is 1.07. The van der Waals surface area contributed by atoms with Gasteiger partial charge >= 0.3 is 5.97 Å². The van der Waals surface area contributed by atoms with Crippen LogP contribution in [-0.2, 0) is 49.3 Å². The topological polar surface area (TPSA) is 175 Å². The van der Waals surface area contributed by atoms with Crippen LogP contribution in [0, 0.1) is 12.8 Å². The fourth-order valence-corrected chi connectivity index (χ4v) is 8.17. The van der Waals surface area contributed by atoms with E-state index in [4.69, 9.17) is 28.4 Å². The van der Waals surface area contributed by atoms with E-state index in [9.17, 15) is 24.3 Å². The molecule has 5 rings (SSSR count). The smallest absolute Gasteiger partial charge is 0.332 e. The van der Waals surface area contributed by atoms with Crippen LogP contribution in [0.15, 0.2) is 47.5 Å². The van der Waals surface area contributed by atoms with Crippen molar-refractivity contribution in [1.82, 2.24) is 20.1 Å². The number of ether oxygens (including phenoxy) is 6. The Labute approximate surface area is 351 Å². The highest BCUT2D eigenvalue weighted by atomic mass is 32.1. The van der Waals surface area contributed by atoms with Gasteiger partial charge in [0.25, 0.3) is 5.91 Å². The van der Waals surface area contributed by atoms with Crippen molar-refractivity contribution in [3.8, 4) is 0 Å². The first kappa shape index (κ1) is 46.0. The molecule has 1 unspecified atom stereocenters. The number of esters is 1. The van der Waals surface area contributed by atoms with Crippen LogP contribution in [0.5, 0.6) is 0 Å². The second kappa shape index (κ2) is 22.0. The first-order valence-corrected chi connectivity index (χ1v) is 21.2. The minimum Gasteiger partial charge on any atom is -0.458 e. The first-order valence-electron chi connectivity index (χ1n) is 20.3. The minimum absolute atomic E-state index is 0.0107. The lowest BCUT2D eigenvalue weighted by Crippen LogP contribution is -2.55. The van der Waals surface area contributed by atoms with Crippen LogP contribution in [0.1, 0.15) is 74.0 Å². The molecular formula is C43H60N4O11S. The molecule has 2 aliphatic heterocycles. The molecule has 0 radical (unpaired) electrons. The Kier molecular flexibility index (Phi) is 17.2. The molecule has 59 heavy (non-hydrogen) atoms. The van der Waals surface area contributed by atoms with E-state index in [0.29, 0.717) is 64.8 Å². The Morgan fingerprint density at radius 3 is 2.25 bits per heavy atom. The van der Waals surface area contributed by atoms with E-state index >= 15 is 0 Å². The first-order chi connectivity index (χ1) is 28.2. The molecule has 2 N–H and O–H groups in total. The van der Waals surface area contributed by atoms with Gasteiger partial charge in [0.05, 0.1) is 81.1 Å². The summed E-state index contributed by atoms with van der Waals surface area (Å²) in [7, 11) is 0. The van der Waals surface area contributed by atoms with Crippen LogP contribution in [0.25, 0.3) is 5.57 Å². The highest BCUT2D eigenvalue weighted by Crippen LogP contribution is 2.33. The van der Waals surface area contributed by atoms with Crippen molar-refractivity contribution in [1.29, 1.82) is 0 Å². The number of fused-ring (bicyclic) bond motifs is 1. The number of hydrogen-bond donors (Lipinski definition) is 2. The summed E-state index contributed by atoms with van der Waals surface area (Å²) in [5.74, 6) is -1.56. The zero-order chi connectivity index (χ0) is 42.5. The second-order valence-corrected chi connectivity index (χ2v) is 17.0. The van der Waals surface area contributed by atoms with Crippen LogP contribution in [0.2, 0.25) is 0 Å². The lowest BCUT2D eigenvalue weighted by atomic mass is 9.93. The SMILES string of the molecule is Cc1ncsc1C1=CC=C(CNC(=O)[C@@H]2C[C@@H](O)CN2C(=O)[C@H](C(C)C)N2Cc3ccccc3C2=O)C(OCCOCCOCCOCCOCC(=O)OC(C)(C)C)C1. The summed E-state index contributed by atoms with van der Waals surface area (Å²) < 4.78 is 33.6. The number of carbonyl (C=O) groups excluding carboxylic acids is 4. The predicted molar refractivity (Wildman–Crippen MR) is 220 cm³/mol. The molecule has 1 aromatic carbocycles. The molecule has 0 bridgehead atoms. The monoisotopic (exact) mass is 840 g/mol. The summed E-state index contributed by atoms with van der Waals surface area (Å²) in [6, 6.07) is 5.66. The van der Waals surface area contributed by atoms with Gasteiger partial charge in [0.15, 0.2) is 0 Å². The van der Waals surface area contributed by atoms with Crippen LogP contribution in [-0.4, -0.2) is 146 Å². The van der Waals surface area contributed by atoms with Gasteiger partial charge < -0.3 is 48.6 Å². The van der Waals surface area contributed by atoms with Gasteiger partial charge in [-0.15, -0.1) is 11.3 Å². The number of rotatable bonds is 22. The lowest BCUT2D eigenvalue weighted by molar-refractivity contribution is -0.160. The van der Waals surface area contributed by atoms with Crippen molar-refractivity contribution in [3.63, 3.8) is 0 Å². The van der Waals surface area contributed by atoms with Gasteiger partial charge in [-0.25, -0.2) is 9.78 Å². The molecule has 0 spiro atoms. The predicted octanol–water partition coefficient (Wildman–Crippen LogP) is 3.72. The maximum atomic E-state index is 14.2. The van der Waals surface area contributed by atoms with Crippen molar-refractivity contribution in [3.05, 3.63) is 69.2 Å². The molecule has 3 aliphatic rings. The van der Waals surface area contributed by atoms with Gasteiger partial charge in [0, 0.05) is 38.0 Å². The fourth-order valence-electron chi connectivity index (χ4n) is 7.33. The largest absolute Gasteiger partial charge is 0.458 e. The van der Waals surface area contributed by atoms with E-state index in [1.165, 1.54) is 4.90 Å². The quantitative estimate of drug-likeness (QED) is 0.130. The number of aryl methyl sites for hydroxylation is 1. The number of aliphatic hydroxyl groups is 1. The summed E-state index contributed by atoms with van der Waals surface area (Å²) in [4.78, 5) is 61.5. The maximum absolute atomic E-state index is 14.2. The van der Waals surface area contributed by atoms with Crippen LogP contribution < -0.4 is 5.32 Å². The van der Waals surface area contributed by atoms with Crippen molar-refractivity contribution >= 4 is 40.6 Å². The van der Waals surface area contributed by atoms with E-state index in [0.717, 1.165) is 27.3 Å². The zero-order valence-corrected chi connectivity index (χ0v) is 35.9. The zero-order valence-electron chi connectivity index (χ0n) is 35.1. The van der Waals surface area contributed by atoms with Crippen molar-refractivity contribution < 1.29 is 52.7 Å². The molecule has 324 valence electrons. The highest BCUT2D eigenvalue weighted by molar-refractivity contribution is 7.10. The molecule has 3 heterocycles. The Bertz CT molecular complexity index is 1800. The summed E-state index contributed by atoms with van der Waals surface area (Å²) in [6.45, 7) is 14.3. The molecule has 0 saturated carbocycles. The lowest BCUT2D eigenvalue weighted by Gasteiger charge is -2.35. The van der Waals surface area contributed by atoms with Crippen LogP contribution in [0.4, 0.5) is 0 Å². The van der Waals surface area contributed by atoms with Gasteiger partial charge in [-0.3, -0.25) is 14.4 Å². The van der Waals surface area contributed by atoms with E-state index in [1.807, 2.05) is 56.6 Å². The molecule has 15 nitrogen and oxygen atoms in total. The summed E-state index contributed by atoms with van der Waals surface area (Å²) in [5.41, 5.74) is 5.60. The molecule has 4 atom stereocenters. The van der Waals surface area contributed by atoms with Gasteiger partial charge in [-0.1, -0.05) is 44.2 Å². The third-order valence-corrected chi connectivity index (χ3v) is 11.1. The Morgan fingerprint density at radius 1 is 0.966 bits per heavy atom. The highest BCUT2D eigenvalue weighted by Gasteiger charge is 2.46. The third-order valence-electron chi connectivity index (χ3n) is 10.1. The average molecular weight is 841 g/mol. The molecule has 3 amide bonds. The molecule has 1 saturated heterocycles. The fraction of sp³-hybridized carbons (Fsp3) is 0.605. The second-order valence-electron chi connectivity index (χ2n) is 16.1. The number of benzene rings is 1. The number of thiazole rings is 1. The number of likely N-dealkylation sites (tertiary alicyclic amines) is 1. The van der Waals surface area contributed by atoms with Crippen LogP contribution in [0.3, 0.4) is 0 Å². The maximum Gasteiger partial charge on any atom is 0.332 e. The minimum atomic E-state index is -0.889. The number of nitrogens with zero attached hydrogens (tertiary/aromatic N) is 3. The van der Waals surface area contributed by atoms with Gasteiger partial charge in [0.2, 0.25) is 11.8 Å². The number of amides is 3. The van der Waals surface area contributed by atoms with E-state index in [1.54, 1.807) is 43.1 Å². The van der Waals surface area contributed by atoms with Gasteiger partial charge in [-0.2, -0.15) is 0 Å². The molecular weight excluding hydrogens is 781 g/mol. The summed E-state index contributed by atoms with van der Waals surface area (Å²) in [6.07, 6.45) is 3.46. The number of β-amino-alcohol motifs (C(OH)–C–C–N with tert-alkyl or cyclic N) is 1. The van der Waals surface area contributed by atoms with E-state index in [2.05, 4.69) is 10.3 Å².